The van der Waals surface area contributed by atoms with E-state index in [0.29, 0.717) is 25.3 Å². The van der Waals surface area contributed by atoms with E-state index < -0.39 is 0 Å². The van der Waals surface area contributed by atoms with Gasteiger partial charge in [-0.25, -0.2) is 0 Å². The zero-order chi connectivity index (χ0) is 19.9. The van der Waals surface area contributed by atoms with Crippen molar-refractivity contribution in [2.24, 2.45) is 0 Å². The van der Waals surface area contributed by atoms with Gasteiger partial charge in [-0.1, -0.05) is 39.0 Å². The highest BCUT2D eigenvalue weighted by atomic mass is 16.5. The van der Waals surface area contributed by atoms with E-state index in [-0.39, 0.29) is 23.7 Å². The second-order valence-corrected chi connectivity index (χ2v) is 7.47. The van der Waals surface area contributed by atoms with Crippen LogP contribution in [0, 0.1) is 0 Å². The van der Waals surface area contributed by atoms with Crippen molar-refractivity contribution in [2.75, 3.05) is 13.2 Å². The molecule has 0 saturated carbocycles. The van der Waals surface area contributed by atoms with Crippen LogP contribution in [-0.4, -0.2) is 34.9 Å². The van der Waals surface area contributed by atoms with Crippen LogP contribution < -0.4 is 0 Å². The van der Waals surface area contributed by atoms with E-state index in [9.17, 15) is 9.59 Å². The van der Waals surface area contributed by atoms with Crippen LogP contribution in [0.15, 0.2) is 48.8 Å². The molecule has 5 heteroatoms. The molecule has 0 fully saturated rings. The highest BCUT2D eigenvalue weighted by molar-refractivity contribution is 5.94. The molecule has 2 rings (SSSR count). The first-order chi connectivity index (χ1) is 12.8. The third kappa shape index (κ3) is 6.20. The molecule has 1 amide bonds. The summed E-state index contributed by atoms with van der Waals surface area (Å²) in [6, 6.07) is 11.4. The van der Waals surface area contributed by atoms with E-state index in [4.69, 9.17) is 4.74 Å². The summed E-state index contributed by atoms with van der Waals surface area (Å²) in [6.07, 6.45) is 3.59. The molecular formula is C22H28N2O3. The quantitative estimate of drug-likeness (QED) is 0.694. The van der Waals surface area contributed by atoms with E-state index in [0.717, 1.165) is 5.56 Å². The molecule has 2 aromatic rings. The zero-order valence-corrected chi connectivity index (χ0v) is 16.6. The number of carbonyl (C=O) groups is 2. The molecule has 0 N–H and O–H groups in total. The van der Waals surface area contributed by atoms with Crippen LogP contribution >= 0.6 is 0 Å². The van der Waals surface area contributed by atoms with Crippen LogP contribution in [0.4, 0.5) is 0 Å². The van der Waals surface area contributed by atoms with Gasteiger partial charge in [0.2, 0.25) is 0 Å². The van der Waals surface area contributed by atoms with Crippen molar-refractivity contribution >= 4 is 11.9 Å². The lowest BCUT2D eigenvalue weighted by Gasteiger charge is -2.23. The SMILES string of the molecule is CCOC(=O)CCN(Cc1cccnc1)C(=O)c1ccc(C(C)(C)C)cc1. The van der Waals surface area contributed by atoms with Gasteiger partial charge in [0, 0.05) is 31.0 Å². The van der Waals surface area contributed by atoms with Gasteiger partial charge in [0.05, 0.1) is 13.0 Å². The average molecular weight is 368 g/mol. The maximum atomic E-state index is 13.0. The standard InChI is InChI=1S/C22H28N2O3/c1-5-27-20(25)12-14-24(16-17-7-6-13-23-15-17)21(26)18-8-10-19(11-9-18)22(2,3)4/h6-11,13,15H,5,12,14,16H2,1-4H3. The molecule has 0 saturated heterocycles. The number of carbonyl (C=O) groups excluding carboxylic acids is 2. The summed E-state index contributed by atoms with van der Waals surface area (Å²) in [6.45, 7) is 9.21. The van der Waals surface area contributed by atoms with Crippen LogP contribution in [-0.2, 0) is 21.5 Å². The minimum Gasteiger partial charge on any atom is -0.466 e. The molecule has 0 unspecified atom stereocenters. The number of pyridine rings is 1. The number of nitrogens with zero attached hydrogens (tertiary/aromatic N) is 2. The molecule has 0 bridgehead atoms. The number of benzene rings is 1. The summed E-state index contributed by atoms with van der Waals surface area (Å²) < 4.78 is 4.99. The summed E-state index contributed by atoms with van der Waals surface area (Å²) in [5.41, 5.74) is 2.72. The number of aromatic nitrogens is 1. The van der Waals surface area contributed by atoms with Crippen molar-refractivity contribution in [3.63, 3.8) is 0 Å². The molecule has 1 aromatic heterocycles. The molecule has 0 atom stereocenters. The fourth-order valence-electron chi connectivity index (χ4n) is 2.72. The van der Waals surface area contributed by atoms with E-state index >= 15 is 0 Å². The van der Waals surface area contributed by atoms with Gasteiger partial charge in [-0.2, -0.15) is 0 Å². The Balaban J connectivity index is 2.17. The summed E-state index contributed by atoms with van der Waals surface area (Å²) in [5, 5.41) is 0. The monoisotopic (exact) mass is 368 g/mol. The highest BCUT2D eigenvalue weighted by Crippen LogP contribution is 2.22. The number of hydrogen-bond acceptors (Lipinski definition) is 4. The van der Waals surface area contributed by atoms with Crippen molar-refractivity contribution in [3.05, 3.63) is 65.5 Å². The van der Waals surface area contributed by atoms with Gasteiger partial charge >= 0.3 is 5.97 Å². The molecule has 0 radical (unpaired) electrons. The number of hydrogen-bond donors (Lipinski definition) is 0. The lowest BCUT2D eigenvalue weighted by Crippen LogP contribution is -2.33. The van der Waals surface area contributed by atoms with Crippen LogP contribution in [0.1, 0.15) is 55.6 Å². The summed E-state index contributed by atoms with van der Waals surface area (Å²) in [7, 11) is 0. The first kappa shape index (κ1) is 20.6. The van der Waals surface area contributed by atoms with Crippen LogP contribution in [0.3, 0.4) is 0 Å². The van der Waals surface area contributed by atoms with E-state index in [1.165, 1.54) is 5.56 Å². The molecule has 144 valence electrons. The number of esters is 1. The molecule has 0 aliphatic carbocycles. The maximum Gasteiger partial charge on any atom is 0.307 e. The lowest BCUT2D eigenvalue weighted by molar-refractivity contribution is -0.143. The highest BCUT2D eigenvalue weighted by Gasteiger charge is 2.19. The molecule has 27 heavy (non-hydrogen) atoms. The van der Waals surface area contributed by atoms with Gasteiger partial charge in [-0.15, -0.1) is 0 Å². The van der Waals surface area contributed by atoms with Crippen molar-refractivity contribution in [2.45, 2.75) is 46.1 Å². The van der Waals surface area contributed by atoms with E-state index in [1.54, 1.807) is 24.2 Å². The minimum absolute atomic E-state index is 0.0287. The first-order valence-corrected chi connectivity index (χ1v) is 9.25. The summed E-state index contributed by atoms with van der Waals surface area (Å²) in [5.74, 6) is -0.409. The number of ether oxygens (including phenoxy) is 1. The van der Waals surface area contributed by atoms with Crippen molar-refractivity contribution in [1.29, 1.82) is 0 Å². The Morgan fingerprint density at radius 1 is 1.11 bits per heavy atom. The maximum absolute atomic E-state index is 13.0. The smallest absolute Gasteiger partial charge is 0.307 e. The second-order valence-electron chi connectivity index (χ2n) is 7.47. The van der Waals surface area contributed by atoms with Gasteiger partial charge in [0.15, 0.2) is 0 Å². The summed E-state index contributed by atoms with van der Waals surface area (Å²) in [4.78, 5) is 30.5. The topological polar surface area (TPSA) is 59.5 Å². The Kier molecular flexibility index (Phi) is 7.11. The fraction of sp³-hybridized carbons (Fsp3) is 0.409. The van der Waals surface area contributed by atoms with Gasteiger partial charge in [0.25, 0.3) is 5.91 Å². The Morgan fingerprint density at radius 2 is 1.81 bits per heavy atom. The van der Waals surface area contributed by atoms with Crippen LogP contribution in [0.5, 0.6) is 0 Å². The van der Waals surface area contributed by atoms with E-state index in [1.807, 2.05) is 36.4 Å². The average Bonchev–Trinajstić information content (AvgIpc) is 2.65. The third-order valence-corrected chi connectivity index (χ3v) is 4.27. The molecule has 0 spiro atoms. The molecular weight excluding hydrogens is 340 g/mol. The van der Waals surface area contributed by atoms with Gasteiger partial charge < -0.3 is 9.64 Å². The van der Waals surface area contributed by atoms with Crippen LogP contribution in [0.25, 0.3) is 0 Å². The molecule has 0 aliphatic rings. The molecule has 1 aromatic carbocycles. The lowest BCUT2D eigenvalue weighted by atomic mass is 9.86. The fourth-order valence-corrected chi connectivity index (χ4v) is 2.72. The Hall–Kier alpha value is -2.69. The van der Waals surface area contributed by atoms with Crippen LogP contribution in [0.2, 0.25) is 0 Å². The van der Waals surface area contributed by atoms with Gasteiger partial charge in [-0.05, 0) is 41.7 Å². The van der Waals surface area contributed by atoms with Crippen molar-refractivity contribution < 1.29 is 14.3 Å². The predicted molar refractivity (Wildman–Crippen MR) is 105 cm³/mol. The third-order valence-electron chi connectivity index (χ3n) is 4.27. The van der Waals surface area contributed by atoms with Crippen molar-refractivity contribution in [3.8, 4) is 0 Å². The zero-order valence-electron chi connectivity index (χ0n) is 16.6. The number of amides is 1. The number of rotatable bonds is 7. The predicted octanol–water partition coefficient (Wildman–Crippen LogP) is 3.97. The second kappa shape index (κ2) is 9.31. The van der Waals surface area contributed by atoms with Crippen molar-refractivity contribution in [1.82, 2.24) is 9.88 Å². The molecule has 0 aliphatic heterocycles. The van der Waals surface area contributed by atoms with Gasteiger partial charge in [-0.3, -0.25) is 14.6 Å². The summed E-state index contributed by atoms with van der Waals surface area (Å²) >= 11 is 0. The first-order valence-electron chi connectivity index (χ1n) is 9.25. The van der Waals surface area contributed by atoms with E-state index in [2.05, 4.69) is 25.8 Å². The normalized spacial score (nSPS) is 11.1. The largest absolute Gasteiger partial charge is 0.466 e. The Bertz CT molecular complexity index is 749. The molecule has 5 nitrogen and oxygen atoms in total. The van der Waals surface area contributed by atoms with Gasteiger partial charge in [0.1, 0.15) is 0 Å². The minimum atomic E-state index is -0.301. The molecule has 1 heterocycles. The Labute approximate surface area is 161 Å². The Morgan fingerprint density at radius 3 is 2.37 bits per heavy atom.